The highest BCUT2D eigenvalue weighted by atomic mass is 19.4. The molecule has 0 spiro atoms. The molecule has 2 N–H and O–H groups in total. The van der Waals surface area contributed by atoms with Gasteiger partial charge in [-0.05, 0) is 74.2 Å². The first kappa shape index (κ1) is 24.3. The molecule has 9 heteroatoms. The number of hydrogen-bond acceptors (Lipinski definition) is 5. The molecule has 0 bridgehead atoms. The standard InChI is InChI=1S/C24H26F3N3O3/c1-28-22(24(25,26)27)15-29-13-17-5-10-21(30-14-17)18-6-8-19(9-7-18)33-20-4-2-3-16(11-20)12-23(31)32/h5-10,14-16,20,29H,1-4,11-13H2,(H,31,32)/b22-15-. The number of carbonyl (C=O) groups is 1. The summed E-state index contributed by atoms with van der Waals surface area (Å²) in [6.45, 7) is 3.10. The number of carboxylic acids is 1. The summed E-state index contributed by atoms with van der Waals surface area (Å²) in [6.07, 6.45) is 1.57. The number of alkyl halides is 3. The van der Waals surface area contributed by atoms with E-state index in [1.807, 2.05) is 24.3 Å². The fourth-order valence-corrected chi connectivity index (χ4v) is 3.86. The summed E-state index contributed by atoms with van der Waals surface area (Å²) in [5.74, 6) is 0.112. The Balaban J connectivity index is 1.55. The predicted molar refractivity (Wildman–Crippen MR) is 119 cm³/mol. The average Bonchev–Trinajstić information content (AvgIpc) is 2.77. The summed E-state index contributed by atoms with van der Waals surface area (Å²) in [5.41, 5.74) is 1.24. The van der Waals surface area contributed by atoms with Gasteiger partial charge in [-0.25, -0.2) is 0 Å². The van der Waals surface area contributed by atoms with Crippen molar-refractivity contribution >= 4 is 12.7 Å². The molecule has 1 aliphatic rings. The summed E-state index contributed by atoms with van der Waals surface area (Å²) in [5, 5.41) is 11.6. The molecule has 1 fully saturated rings. The van der Waals surface area contributed by atoms with Gasteiger partial charge in [0.25, 0.3) is 0 Å². The number of rotatable bonds is 9. The van der Waals surface area contributed by atoms with E-state index >= 15 is 0 Å². The lowest BCUT2D eigenvalue weighted by molar-refractivity contribution is -0.138. The molecule has 176 valence electrons. The van der Waals surface area contributed by atoms with Crippen LogP contribution < -0.4 is 10.1 Å². The SMILES string of the molecule is C=N/C(=C\NCc1ccc(-c2ccc(OC3CCCC(CC(=O)O)C3)cc2)nc1)C(F)(F)F. The molecule has 1 saturated carbocycles. The van der Waals surface area contributed by atoms with E-state index in [9.17, 15) is 18.0 Å². The van der Waals surface area contributed by atoms with E-state index < -0.39 is 17.8 Å². The Kier molecular flexibility index (Phi) is 8.08. The van der Waals surface area contributed by atoms with E-state index in [2.05, 4.69) is 22.0 Å². The molecule has 2 unspecified atom stereocenters. The van der Waals surface area contributed by atoms with Gasteiger partial charge in [0, 0.05) is 30.9 Å². The second-order valence-electron chi connectivity index (χ2n) is 8.01. The molecule has 6 nitrogen and oxygen atoms in total. The van der Waals surface area contributed by atoms with Crippen molar-refractivity contribution in [1.82, 2.24) is 10.3 Å². The minimum absolute atomic E-state index is 0.0158. The maximum absolute atomic E-state index is 12.6. The van der Waals surface area contributed by atoms with Crippen LogP contribution in [0.1, 0.15) is 37.7 Å². The van der Waals surface area contributed by atoms with Crippen LogP contribution >= 0.6 is 0 Å². The number of aliphatic carboxylic acids is 1. The van der Waals surface area contributed by atoms with Gasteiger partial charge >= 0.3 is 12.1 Å². The Morgan fingerprint density at radius 2 is 2.00 bits per heavy atom. The highest BCUT2D eigenvalue weighted by Crippen LogP contribution is 2.30. The van der Waals surface area contributed by atoms with Crippen molar-refractivity contribution in [3.63, 3.8) is 0 Å². The number of pyridine rings is 1. The number of aliphatic imine (C=N–C) groups is 1. The Morgan fingerprint density at radius 3 is 2.61 bits per heavy atom. The van der Waals surface area contributed by atoms with Crippen molar-refractivity contribution in [2.75, 3.05) is 0 Å². The van der Waals surface area contributed by atoms with Crippen molar-refractivity contribution in [3.8, 4) is 17.0 Å². The normalized spacial score (nSPS) is 19.1. The van der Waals surface area contributed by atoms with E-state index in [1.165, 1.54) is 0 Å². The first-order valence-corrected chi connectivity index (χ1v) is 10.7. The zero-order chi connectivity index (χ0) is 23.8. The number of ether oxygens (including phenoxy) is 1. The van der Waals surface area contributed by atoms with Gasteiger partial charge in [0.2, 0.25) is 0 Å². The minimum Gasteiger partial charge on any atom is -0.490 e. The zero-order valence-electron chi connectivity index (χ0n) is 18.0. The highest BCUT2D eigenvalue weighted by molar-refractivity contribution is 5.67. The van der Waals surface area contributed by atoms with Crippen molar-refractivity contribution < 1.29 is 27.8 Å². The molecule has 0 radical (unpaired) electrons. The summed E-state index contributed by atoms with van der Waals surface area (Å²) in [6, 6.07) is 11.1. The summed E-state index contributed by atoms with van der Waals surface area (Å²) in [4.78, 5) is 18.3. The van der Waals surface area contributed by atoms with E-state index in [0.717, 1.165) is 48.9 Å². The molecule has 1 aliphatic carbocycles. The minimum atomic E-state index is -4.55. The van der Waals surface area contributed by atoms with Gasteiger partial charge in [-0.2, -0.15) is 13.2 Å². The average molecular weight is 461 g/mol. The number of nitrogens with zero attached hydrogens (tertiary/aromatic N) is 2. The van der Waals surface area contributed by atoms with Crippen LogP contribution in [0.4, 0.5) is 13.2 Å². The number of hydrogen-bond donors (Lipinski definition) is 2. The number of benzene rings is 1. The molecule has 33 heavy (non-hydrogen) atoms. The Bertz CT molecular complexity index is 973. The quantitative estimate of drug-likeness (QED) is 0.492. The fraction of sp³-hybridized carbons (Fsp3) is 0.375. The molecule has 0 saturated heterocycles. The second kappa shape index (κ2) is 11.0. The number of allylic oxidation sites excluding steroid dienone is 1. The van der Waals surface area contributed by atoms with E-state index in [4.69, 9.17) is 9.84 Å². The third kappa shape index (κ3) is 7.34. The maximum Gasteiger partial charge on any atom is 0.434 e. The Hall–Kier alpha value is -3.36. The molecule has 2 aromatic rings. The molecule has 1 heterocycles. The summed E-state index contributed by atoms with van der Waals surface area (Å²) < 4.78 is 43.9. The fourth-order valence-electron chi connectivity index (χ4n) is 3.86. The molecule has 2 atom stereocenters. The van der Waals surface area contributed by atoms with E-state index in [-0.39, 0.29) is 25.0 Å². The van der Waals surface area contributed by atoms with Crippen LogP contribution in [0.25, 0.3) is 11.3 Å². The molecular weight excluding hydrogens is 435 g/mol. The summed E-state index contributed by atoms with van der Waals surface area (Å²) in [7, 11) is 0. The first-order valence-electron chi connectivity index (χ1n) is 10.7. The van der Waals surface area contributed by atoms with Crippen LogP contribution in [0.5, 0.6) is 5.75 Å². The number of nitrogens with one attached hydrogen (secondary N) is 1. The lowest BCUT2D eigenvalue weighted by Gasteiger charge is -2.28. The monoisotopic (exact) mass is 461 g/mol. The van der Waals surface area contributed by atoms with Crippen LogP contribution in [0, 0.1) is 5.92 Å². The molecule has 0 amide bonds. The molecule has 0 aliphatic heterocycles. The maximum atomic E-state index is 12.6. The second-order valence-corrected chi connectivity index (χ2v) is 8.01. The lowest BCUT2D eigenvalue weighted by atomic mass is 9.85. The Labute approximate surface area is 190 Å². The number of halogens is 3. The van der Waals surface area contributed by atoms with Crippen molar-refractivity contribution in [3.05, 3.63) is 60.1 Å². The van der Waals surface area contributed by atoms with Gasteiger partial charge in [-0.3, -0.25) is 14.8 Å². The number of carboxylic acid groups (broad SMARTS) is 1. The van der Waals surface area contributed by atoms with Gasteiger partial charge in [0.05, 0.1) is 11.8 Å². The molecule has 3 rings (SSSR count). The third-order valence-corrected chi connectivity index (χ3v) is 5.48. The van der Waals surface area contributed by atoms with Crippen LogP contribution in [0.15, 0.2) is 59.5 Å². The topological polar surface area (TPSA) is 83.8 Å². The first-order chi connectivity index (χ1) is 15.7. The molecule has 1 aromatic heterocycles. The number of aromatic nitrogens is 1. The van der Waals surface area contributed by atoms with Crippen molar-refractivity contribution in [1.29, 1.82) is 0 Å². The van der Waals surface area contributed by atoms with Gasteiger partial charge in [-0.1, -0.05) is 6.07 Å². The highest BCUT2D eigenvalue weighted by Gasteiger charge is 2.33. The largest absolute Gasteiger partial charge is 0.490 e. The molecule has 1 aromatic carbocycles. The smallest absolute Gasteiger partial charge is 0.434 e. The predicted octanol–water partition coefficient (Wildman–Crippen LogP) is 5.35. The third-order valence-electron chi connectivity index (χ3n) is 5.48. The van der Waals surface area contributed by atoms with Gasteiger partial charge in [0.1, 0.15) is 5.75 Å². The van der Waals surface area contributed by atoms with Crippen LogP contribution in [0.2, 0.25) is 0 Å². The van der Waals surface area contributed by atoms with Gasteiger partial charge in [-0.15, -0.1) is 0 Å². The van der Waals surface area contributed by atoms with E-state index in [0.29, 0.717) is 5.56 Å². The summed E-state index contributed by atoms with van der Waals surface area (Å²) >= 11 is 0. The van der Waals surface area contributed by atoms with Crippen LogP contribution in [-0.4, -0.2) is 35.1 Å². The van der Waals surface area contributed by atoms with Crippen molar-refractivity contribution in [2.45, 2.75) is 50.9 Å². The van der Waals surface area contributed by atoms with Gasteiger partial charge < -0.3 is 15.2 Å². The van der Waals surface area contributed by atoms with Crippen molar-refractivity contribution in [2.24, 2.45) is 10.9 Å². The van der Waals surface area contributed by atoms with Gasteiger partial charge in [0.15, 0.2) is 5.70 Å². The van der Waals surface area contributed by atoms with Crippen LogP contribution in [0.3, 0.4) is 0 Å². The van der Waals surface area contributed by atoms with Crippen LogP contribution in [-0.2, 0) is 11.3 Å². The molecular formula is C24H26F3N3O3. The lowest BCUT2D eigenvalue weighted by Crippen LogP contribution is -2.26. The Morgan fingerprint density at radius 1 is 1.24 bits per heavy atom. The van der Waals surface area contributed by atoms with E-state index in [1.54, 1.807) is 18.3 Å². The zero-order valence-corrected chi connectivity index (χ0v) is 18.0.